The second kappa shape index (κ2) is 7.93. The average molecular weight is 278 g/mol. The van der Waals surface area contributed by atoms with E-state index in [-0.39, 0.29) is 18.7 Å². The van der Waals surface area contributed by atoms with Crippen LogP contribution in [0.5, 0.6) is 0 Å². The molecule has 0 radical (unpaired) electrons. The topological polar surface area (TPSA) is 95.5 Å². The summed E-state index contributed by atoms with van der Waals surface area (Å²) in [6, 6.07) is 8.58. The maximum atomic E-state index is 11.7. The molecule has 2 amide bonds. The largest absolute Gasteiger partial charge is 0.481 e. The van der Waals surface area contributed by atoms with Crippen LogP contribution in [0.25, 0.3) is 0 Å². The molecule has 0 aromatic heterocycles. The summed E-state index contributed by atoms with van der Waals surface area (Å²) in [6.45, 7) is 0. The number of carboxylic acids is 1. The summed E-state index contributed by atoms with van der Waals surface area (Å²) < 4.78 is 0. The number of likely N-dealkylation sites (N-methyl/N-ethyl adjacent to an activating group) is 1. The molecule has 0 unspecified atom stereocenters. The Labute approximate surface area is 117 Å². The maximum absolute atomic E-state index is 11.7. The summed E-state index contributed by atoms with van der Waals surface area (Å²) in [6.07, 6.45) is -0.0332. The standard InChI is InChI=1S/C14H18N2O4/c1-15-14(20)11(9-10-5-3-2-4-6-10)16-12(17)7-8-13(18)19/h2-6,11H,7-9H2,1H3,(H,15,20)(H,16,17)(H,18,19)/t11-/m0/s1. The van der Waals surface area contributed by atoms with E-state index in [9.17, 15) is 14.4 Å². The highest BCUT2D eigenvalue weighted by Crippen LogP contribution is 2.04. The summed E-state index contributed by atoms with van der Waals surface area (Å²) >= 11 is 0. The Bertz CT molecular complexity index is 473. The molecule has 1 rings (SSSR count). The molecular formula is C14H18N2O4. The molecule has 3 N–H and O–H groups in total. The van der Waals surface area contributed by atoms with E-state index in [1.807, 2.05) is 30.3 Å². The number of nitrogens with one attached hydrogen (secondary N) is 2. The van der Waals surface area contributed by atoms with Gasteiger partial charge in [-0.2, -0.15) is 0 Å². The molecule has 0 aliphatic carbocycles. The molecule has 1 atom stereocenters. The smallest absolute Gasteiger partial charge is 0.303 e. The highest BCUT2D eigenvalue weighted by atomic mass is 16.4. The highest BCUT2D eigenvalue weighted by molar-refractivity contribution is 5.88. The van der Waals surface area contributed by atoms with Gasteiger partial charge >= 0.3 is 5.97 Å². The van der Waals surface area contributed by atoms with Crippen LogP contribution in [0.15, 0.2) is 30.3 Å². The number of carbonyl (C=O) groups is 3. The summed E-state index contributed by atoms with van der Waals surface area (Å²) in [5.74, 6) is -1.80. The minimum absolute atomic E-state index is 0.141. The van der Waals surface area contributed by atoms with E-state index in [1.165, 1.54) is 7.05 Å². The maximum Gasteiger partial charge on any atom is 0.303 e. The lowest BCUT2D eigenvalue weighted by molar-refractivity contribution is -0.139. The summed E-state index contributed by atoms with van der Waals surface area (Å²) in [5, 5.41) is 13.6. The fourth-order valence-electron chi connectivity index (χ4n) is 1.72. The van der Waals surface area contributed by atoms with E-state index in [0.717, 1.165) is 5.56 Å². The van der Waals surface area contributed by atoms with Gasteiger partial charge in [-0.1, -0.05) is 30.3 Å². The van der Waals surface area contributed by atoms with Crippen molar-refractivity contribution in [1.82, 2.24) is 10.6 Å². The quantitative estimate of drug-likeness (QED) is 0.669. The second-order valence-electron chi connectivity index (χ2n) is 4.32. The van der Waals surface area contributed by atoms with Gasteiger partial charge in [0.05, 0.1) is 6.42 Å². The normalized spacial score (nSPS) is 11.4. The monoisotopic (exact) mass is 278 g/mol. The van der Waals surface area contributed by atoms with E-state index < -0.39 is 17.9 Å². The molecule has 0 bridgehead atoms. The zero-order chi connectivity index (χ0) is 15.0. The Morgan fingerprint density at radius 2 is 1.80 bits per heavy atom. The minimum atomic E-state index is -1.04. The Morgan fingerprint density at radius 1 is 1.15 bits per heavy atom. The van der Waals surface area contributed by atoms with Crippen LogP contribution < -0.4 is 10.6 Å². The molecule has 0 aliphatic heterocycles. The molecule has 0 saturated heterocycles. The Kier molecular flexibility index (Phi) is 6.22. The van der Waals surface area contributed by atoms with Gasteiger partial charge in [-0.05, 0) is 5.56 Å². The Balaban J connectivity index is 2.63. The minimum Gasteiger partial charge on any atom is -0.481 e. The van der Waals surface area contributed by atoms with Crippen molar-refractivity contribution in [3.8, 4) is 0 Å². The van der Waals surface area contributed by atoms with Crippen LogP contribution in [0.3, 0.4) is 0 Å². The van der Waals surface area contributed by atoms with E-state index >= 15 is 0 Å². The van der Waals surface area contributed by atoms with Crippen molar-refractivity contribution < 1.29 is 19.5 Å². The van der Waals surface area contributed by atoms with Crippen LogP contribution in [-0.4, -0.2) is 36.0 Å². The van der Waals surface area contributed by atoms with Crippen LogP contribution in [-0.2, 0) is 20.8 Å². The molecule has 0 heterocycles. The fourth-order valence-corrected chi connectivity index (χ4v) is 1.72. The molecule has 108 valence electrons. The van der Waals surface area contributed by atoms with Gasteiger partial charge in [-0.15, -0.1) is 0 Å². The van der Waals surface area contributed by atoms with Crippen LogP contribution in [0.2, 0.25) is 0 Å². The molecule has 20 heavy (non-hydrogen) atoms. The summed E-state index contributed by atoms with van der Waals surface area (Å²) in [7, 11) is 1.49. The Morgan fingerprint density at radius 3 is 2.35 bits per heavy atom. The lowest BCUT2D eigenvalue weighted by atomic mass is 10.1. The van der Waals surface area contributed by atoms with Gasteiger partial charge in [0.15, 0.2) is 0 Å². The zero-order valence-electron chi connectivity index (χ0n) is 11.3. The first-order valence-corrected chi connectivity index (χ1v) is 6.29. The molecule has 0 saturated carbocycles. The number of hydrogen-bond acceptors (Lipinski definition) is 3. The highest BCUT2D eigenvalue weighted by Gasteiger charge is 2.20. The van der Waals surface area contributed by atoms with Crippen molar-refractivity contribution in [1.29, 1.82) is 0 Å². The van der Waals surface area contributed by atoms with E-state index in [0.29, 0.717) is 6.42 Å². The van der Waals surface area contributed by atoms with Crippen molar-refractivity contribution in [2.45, 2.75) is 25.3 Å². The van der Waals surface area contributed by atoms with Gasteiger partial charge < -0.3 is 15.7 Å². The van der Waals surface area contributed by atoms with Gasteiger partial charge in [-0.3, -0.25) is 14.4 Å². The second-order valence-corrected chi connectivity index (χ2v) is 4.32. The van der Waals surface area contributed by atoms with Crippen molar-refractivity contribution >= 4 is 17.8 Å². The zero-order valence-corrected chi connectivity index (χ0v) is 11.3. The van der Waals surface area contributed by atoms with Gasteiger partial charge in [0, 0.05) is 19.9 Å². The number of amides is 2. The van der Waals surface area contributed by atoms with Crippen LogP contribution in [0.4, 0.5) is 0 Å². The van der Waals surface area contributed by atoms with E-state index in [1.54, 1.807) is 0 Å². The van der Waals surface area contributed by atoms with Crippen LogP contribution >= 0.6 is 0 Å². The van der Waals surface area contributed by atoms with E-state index in [2.05, 4.69) is 10.6 Å². The molecule has 0 spiro atoms. The first-order chi connectivity index (χ1) is 9.52. The number of aliphatic carboxylic acids is 1. The van der Waals surface area contributed by atoms with Crippen LogP contribution in [0, 0.1) is 0 Å². The summed E-state index contributed by atoms with van der Waals surface area (Å²) in [4.78, 5) is 33.8. The molecule has 6 nitrogen and oxygen atoms in total. The number of rotatable bonds is 7. The third kappa shape index (κ3) is 5.51. The molecule has 0 fully saturated rings. The summed E-state index contributed by atoms with van der Waals surface area (Å²) in [5.41, 5.74) is 0.916. The van der Waals surface area contributed by atoms with Crippen molar-refractivity contribution in [3.05, 3.63) is 35.9 Å². The van der Waals surface area contributed by atoms with Gasteiger partial charge in [0.25, 0.3) is 0 Å². The van der Waals surface area contributed by atoms with Crippen molar-refractivity contribution in [2.24, 2.45) is 0 Å². The Hall–Kier alpha value is -2.37. The molecule has 0 aliphatic rings. The number of carboxylic acid groups (broad SMARTS) is 1. The number of benzene rings is 1. The SMILES string of the molecule is CNC(=O)[C@H](Cc1ccccc1)NC(=O)CCC(=O)O. The predicted molar refractivity (Wildman–Crippen MR) is 73.0 cm³/mol. The van der Waals surface area contributed by atoms with Crippen molar-refractivity contribution in [3.63, 3.8) is 0 Å². The van der Waals surface area contributed by atoms with Crippen molar-refractivity contribution in [2.75, 3.05) is 7.05 Å². The lowest BCUT2D eigenvalue weighted by Crippen LogP contribution is -2.47. The van der Waals surface area contributed by atoms with Gasteiger partial charge in [0.1, 0.15) is 6.04 Å². The molecule has 1 aromatic carbocycles. The third-order valence-electron chi connectivity index (χ3n) is 2.75. The van der Waals surface area contributed by atoms with E-state index in [4.69, 9.17) is 5.11 Å². The third-order valence-corrected chi connectivity index (χ3v) is 2.75. The number of carbonyl (C=O) groups excluding carboxylic acids is 2. The van der Waals surface area contributed by atoms with Crippen LogP contribution in [0.1, 0.15) is 18.4 Å². The molecule has 6 heteroatoms. The molecular weight excluding hydrogens is 260 g/mol. The van der Waals surface area contributed by atoms with Gasteiger partial charge in [0.2, 0.25) is 11.8 Å². The fraction of sp³-hybridized carbons (Fsp3) is 0.357. The molecule has 1 aromatic rings. The average Bonchev–Trinajstić information content (AvgIpc) is 2.44. The lowest BCUT2D eigenvalue weighted by Gasteiger charge is -2.17. The number of hydrogen-bond donors (Lipinski definition) is 3. The predicted octanol–water partition coefficient (Wildman–Crippen LogP) is 0.325. The van der Waals surface area contributed by atoms with Gasteiger partial charge in [-0.25, -0.2) is 0 Å². The first kappa shape index (κ1) is 15.7. The first-order valence-electron chi connectivity index (χ1n) is 6.29.